The average molecular weight is 434 g/mol. The molecule has 2 heterocycles. The van der Waals surface area contributed by atoms with E-state index in [9.17, 15) is 4.79 Å². The van der Waals surface area contributed by atoms with Crippen molar-refractivity contribution in [1.29, 1.82) is 0 Å². The van der Waals surface area contributed by atoms with Crippen molar-refractivity contribution in [2.45, 2.75) is 25.5 Å². The first kappa shape index (κ1) is 20.9. The second-order valence-corrected chi connectivity index (χ2v) is 8.18. The molecule has 0 N–H and O–H groups in total. The van der Waals surface area contributed by atoms with Crippen molar-refractivity contribution in [3.63, 3.8) is 0 Å². The van der Waals surface area contributed by atoms with E-state index in [0.29, 0.717) is 17.5 Å². The fourth-order valence-corrected chi connectivity index (χ4v) is 4.23. The van der Waals surface area contributed by atoms with Gasteiger partial charge in [-0.05, 0) is 43.7 Å². The van der Waals surface area contributed by atoms with E-state index in [1.165, 1.54) is 11.8 Å². The summed E-state index contributed by atoms with van der Waals surface area (Å²) in [7, 11) is 1.63. The minimum atomic E-state index is 0.0676. The smallest absolute Gasteiger partial charge is 0.192 e. The van der Waals surface area contributed by atoms with E-state index in [-0.39, 0.29) is 11.5 Å². The highest BCUT2D eigenvalue weighted by molar-refractivity contribution is 7.99. The number of hydrogen-bond donors (Lipinski definition) is 0. The van der Waals surface area contributed by atoms with Crippen molar-refractivity contribution in [1.82, 2.24) is 14.8 Å². The Morgan fingerprint density at radius 3 is 2.71 bits per heavy atom. The number of thioether (sulfide) groups is 1. The quantitative estimate of drug-likeness (QED) is 0.281. The van der Waals surface area contributed by atoms with Gasteiger partial charge in [0.05, 0.1) is 25.7 Å². The SMILES string of the molecule is COc1cccc(-c2nnc(SCC(=O)c3ccc(C)cc3C)n2Cc2ccco2)c1. The molecule has 2 aromatic carbocycles. The molecule has 0 aliphatic heterocycles. The summed E-state index contributed by atoms with van der Waals surface area (Å²) in [6.45, 7) is 4.45. The van der Waals surface area contributed by atoms with Crippen LogP contribution in [0.1, 0.15) is 27.2 Å². The number of ether oxygens (including phenoxy) is 1. The van der Waals surface area contributed by atoms with Crippen LogP contribution in [0, 0.1) is 13.8 Å². The number of nitrogens with zero attached hydrogens (tertiary/aromatic N) is 3. The molecule has 0 unspecified atom stereocenters. The molecule has 0 bridgehead atoms. The maximum absolute atomic E-state index is 12.8. The molecule has 0 saturated heterocycles. The zero-order chi connectivity index (χ0) is 21.8. The van der Waals surface area contributed by atoms with Crippen LogP contribution >= 0.6 is 11.8 Å². The maximum atomic E-state index is 12.8. The second-order valence-electron chi connectivity index (χ2n) is 7.23. The molecule has 0 aliphatic rings. The molecule has 4 rings (SSSR count). The highest BCUT2D eigenvalue weighted by Crippen LogP contribution is 2.28. The van der Waals surface area contributed by atoms with Gasteiger partial charge >= 0.3 is 0 Å². The van der Waals surface area contributed by atoms with Crippen LogP contribution in [0.2, 0.25) is 0 Å². The van der Waals surface area contributed by atoms with Gasteiger partial charge < -0.3 is 9.15 Å². The van der Waals surface area contributed by atoms with E-state index in [4.69, 9.17) is 9.15 Å². The minimum Gasteiger partial charge on any atom is -0.497 e. The third kappa shape index (κ3) is 4.72. The Hall–Kier alpha value is -3.32. The maximum Gasteiger partial charge on any atom is 0.192 e. The summed E-state index contributed by atoms with van der Waals surface area (Å²) in [5, 5.41) is 9.44. The molecule has 2 aromatic heterocycles. The lowest BCUT2D eigenvalue weighted by Gasteiger charge is -2.10. The molecule has 31 heavy (non-hydrogen) atoms. The zero-order valence-corrected chi connectivity index (χ0v) is 18.5. The van der Waals surface area contributed by atoms with Gasteiger partial charge in [-0.25, -0.2) is 0 Å². The zero-order valence-electron chi connectivity index (χ0n) is 17.7. The van der Waals surface area contributed by atoms with Crippen molar-refractivity contribution in [2.24, 2.45) is 0 Å². The fraction of sp³-hybridized carbons (Fsp3) is 0.208. The number of rotatable bonds is 8. The molecule has 0 fully saturated rings. The molecule has 0 atom stereocenters. The van der Waals surface area contributed by atoms with E-state index in [1.54, 1.807) is 13.4 Å². The lowest BCUT2D eigenvalue weighted by atomic mass is 10.0. The van der Waals surface area contributed by atoms with E-state index in [1.807, 2.05) is 73.0 Å². The van der Waals surface area contributed by atoms with Gasteiger partial charge in [0.2, 0.25) is 0 Å². The number of furan rings is 1. The van der Waals surface area contributed by atoms with Gasteiger partial charge in [0.1, 0.15) is 11.5 Å². The number of aryl methyl sites for hydroxylation is 2. The van der Waals surface area contributed by atoms with Crippen LogP contribution in [-0.4, -0.2) is 33.4 Å². The predicted octanol–water partition coefficient (Wildman–Crippen LogP) is 5.19. The molecule has 0 aliphatic carbocycles. The van der Waals surface area contributed by atoms with Gasteiger partial charge in [0, 0.05) is 11.1 Å². The summed E-state index contributed by atoms with van der Waals surface area (Å²) in [5.74, 6) is 2.56. The van der Waals surface area contributed by atoms with Gasteiger partial charge in [0.15, 0.2) is 16.8 Å². The van der Waals surface area contributed by atoms with Crippen LogP contribution in [0.15, 0.2) is 70.4 Å². The van der Waals surface area contributed by atoms with Crippen molar-refractivity contribution in [2.75, 3.05) is 12.9 Å². The van der Waals surface area contributed by atoms with Gasteiger partial charge in [-0.2, -0.15) is 0 Å². The Kier molecular flexibility index (Phi) is 6.23. The second kappa shape index (κ2) is 9.22. The summed E-state index contributed by atoms with van der Waals surface area (Å²) in [5.41, 5.74) is 3.75. The van der Waals surface area contributed by atoms with Gasteiger partial charge in [-0.15, -0.1) is 10.2 Å². The average Bonchev–Trinajstić information content (AvgIpc) is 3.42. The Bertz CT molecular complexity index is 1200. The molecule has 158 valence electrons. The highest BCUT2D eigenvalue weighted by atomic mass is 32.2. The van der Waals surface area contributed by atoms with Crippen LogP contribution in [0.25, 0.3) is 11.4 Å². The van der Waals surface area contributed by atoms with Crippen molar-refractivity contribution in [3.05, 3.63) is 83.3 Å². The summed E-state index contributed by atoms with van der Waals surface area (Å²) >= 11 is 1.38. The largest absolute Gasteiger partial charge is 0.497 e. The molecule has 0 spiro atoms. The van der Waals surface area contributed by atoms with Crippen LogP contribution in [0.5, 0.6) is 5.75 Å². The Labute approximate surface area is 185 Å². The van der Waals surface area contributed by atoms with E-state index in [2.05, 4.69) is 10.2 Å². The number of aromatic nitrogens is 3. The molecule has 0 amide bonds. The molecule has 7 heteroatoms. The predicted molar refractivity (Wildman–Crippen MR) is 121 cm³/mol. The molecule has 0 radical (unpaired) electrons. The highest BCUT2D eigenvalue weighted by Gasteiger charge is 2.18. The van der Waals surface area contributed by atoms with Crippen LogP contribution < -0.4 is 4.74 Å². The monoisotopic (exact) mass is 433 g/mol. The first-order chi connectivity index (χ1) is 15.0. The third-order valence-electron chi connectivity index (χ3n) is 4.95. The van der Waals surface area contributed by atoms with Gasteiger partial charge in [-0.3, -0.25) is 9.36 Å². The number of benzene rings is 2. The lowest BCUT2D eigenvalue weighted by Crippen LogP contribution is -2.08. The molecular formula is C24H23N3O3S. The first-order valence-electron chi connectivity index (χ1n) is 9.88. The van der Waals surface area contributed by atoms with Crippen LogP contribution in [-0.2, 0) is 6.54 Å². The molecule has 4 aromatic rings. The van der Waals surface area contributed by atoms with E-state index in [0.717, 1.165) is 33.8 Å². The molecule has 0 saturated carbocycles. The Morgan fingerprint density at radius 2 is 1.97 bits per heavy atom. The Morgan fingerprint density at radius 1 is 1.10 bits per heavy atom. The number of carbonyl (C=O) groups is 1. The summed E-state index contributed by atoms with van der Waals surface area (Å²) < 4.78 is 12.9. The number of hydrogen-bond acceptors (Lipinski definition) is 6. The molecular weight excluding hydrogens is 410 g/mol. The standard InChI is InChI=1S/C24H23N3O3S/c1-16-9-10-21(17(2)12-16)22(28)15-31-24-26-25-23(18-6-4-7-19(13-18)29-3)27(24)14-20-8-5-11-30-20/h4-13H,14-15H2,1-3H3. The number of methoxy groups -OCH3 is 1. The van der Waals surface area contributed by atoms with Crippen LogP contribution in [0.4, 0.5) is 0 Å². The third-order valence-corrected chi connectivity index (χ3v) is 5.92. The minimum absolute atomic E-state index is 0.0676. The summed E-state index contributed by atoms with van der Waals surface area (Å²) in [6, 6.07) is 17.3. The summed E-state index contributed by atoms with van der Waals surface area (Å²) in [6.07, 6.45) is 1.64. The lowest BCUT2D eigenvalue weighted by molar-refractivity contribution is 0.102. The topological polar surface area (TPSA) is 70.2 Å². The Balaban J connectivity index is 1.62. The normalized spacial score (nSPS) is 10.9. The number of Topliss-reactive ketones (excluding diaryl/α,β-unsaturated/α-hetero) is 1. The van der Waals surface area contributed by atoms with Gasteiger partial charge in [-0.1, -0.05) is 47.7 Å². The molecule has 6 nitrogen and oxygen atoms in total. The number of carbonyl (C=O) groups excluding carboxylic acids is 1. The summed E-state index contributed by atoms with van der Waals surface area (Å²) in [4.78, 5) is 12.8. The van der Waals surface area contributed by atoms with Crippen molar-refractivity contribution in [3.8, 4) is 17.1 Å². The van der Waals surface area contributed by atoms with Crippen molar-refractivity contribution < 1.29 is 13.9 Å². The number of ketones is 1. The van der Waals surface area contributed by atoms with E-state index >= 15 is 0 Å². The first-order valence-corrected chi connectivity index (χ1v) is 10.9. The fourth-order valence-electron chi connectivity index (χ4n) is 3.41. The van der Waals surface area contributed by atoms with Crippen LogP contribution in [0.3, 0.4) is 0 Å². The van der Waals surface area contributed by atoms with Crippen molar-refractivity contribution >= 4 is 17.5 Å². The van der Waals surface area contributed by atoms with Gasteiger partial charge in [0.25, 0.3) is 0 Å². The van der Waals surface area contributed by atoms with E-state index < -0.39 is 0 Å².